The third-order valence-electron chi connectivity index (χ3n) is 4.45. The van der Waals surface area contributed by atoms with E-state index in [1.807, 2.05) is 25.5 Å². The van der Waals surface area contributed by atoms with Crippen LogP contribution in [0.4, 0.5) is 0 Å². The maximum absolute atomic E-state index is 5.40. The van der Waals surface area contributed by atoms with Crippen LogP contribution >= 0.6 is 11.8 Å². The van der Waals surface area contributed by atoms with Crippen LogP contribution in [0.5, 0.6) is 0 Å². The quantitative estimate of drug-likeness (QED) is 0.394. The Morgan fingerprint density at radius 3 is 2.88 bits per heavy atom. The Kier molecular flexibility index (Phi) is 8.02. The van der Waals surface area contributed by atoms with Crippen molar-refractivity contribution >= 4 is 17.7 Å². The van der Waals surface area contributed by atoms with Gasteiger partial charge in [-0.15, -0.1) is 10.2 Å². The van der Waals surface area contributed by atoms with Gasteiger partial charge in [0.05, 0.1) is 0 Å². The fourth-order valence-corrected chi connectivity index (χ4v) is 3.93. The largest absolute Gasteiger partial charge is 0.382 e. The Bertz CT molecular complexity index is 553. The predicted octanol–water partition coefficient (Wildman–Crippen LogP) is 1.87. The lowest BCUT2D eigenvalue weighted by Gasteiger charge is -2.24. The van der Waals surface area contributed by atoms with Gasteiger partial charge in [0.1, 0.15) is 12.4 Å². The highest BCUT2D eigenvalue weighted by Crippen LogP contribution is 2.36. The summed E-state index contributed by atoms with van der Waals surface area (Å²) >= 11 is 2.05. The number of ether oxygens (including phenoxy) is 1. The van der Waals surface area contributed by atoms with Gasteiger partial charge in [0.2, 0.25) is 0 Å². The monoisotopic (exact) mass is 368 g/mol. The summed E-state index contributed by atoms with van der Waals surface area (Å²) in [7, 11) is 1.97. The summed E-state index contributed by atoms with van der Waals surface area (Å²) in [5.41, 5.74) is 0. The number of hydrogen-bond donors (Lipinski definition) is 2. The molecule has 0 bridgehead atoms. The van der Waals surface area contributed by atoms with Gasteiger partial charge < -0.3 is 19.9 Å². The molecule has 1 saturated heterocycles. The highest BCUT2D eigenvalue weighted by molar-refractivity contribution is 8.00. The van der Waals surface area contributed by atoms with Crippen molar-refractivity contribution < 1.29 is 4.74 Å². The number of aromatic nitrogens is 3. The van der Waals surface area contributed by atoms with Crippen LogP contribution in [0.3, 0.4) is 0 Å². The molecule has 0 radical (unpaired) electrons. The highest BCUT2D eigenvalue weighted by Gasteiger charge is 2.29. The van der Waals surface area contributed by atoms with Gasteiger partial charge in [0.15, 0.2) is 11.8 Å². The maximum Gasteiger partial charge on any atom is 0.191 e. The number of guanidine groups is 1. The molecule has 0 aromatic carbocycles. The first-order valence-electron chi connectivity index (χ1n) is 9.13. The number of aryl methyl sites for hydroxylation is 1. The molecule has 8 heteroatoms. The fourth-order valence-electron chi connectivity index (χ4n) is 2.69. The topological polar surface area (TPSA) is 76.4 Å². The van der Waals surface area contributed by atoms with E-state index in [1.165, 1.54) is 18.6 Å². The predicted molar refractivity (Wildman–Crippen MR) is 104 cm³/mol. The normalized spacial score (nSPS) is 20.9. The summed E-state index contributed by atoms with van der Waals surface area (Å²) in [6.07, 6.45) is 3.52. The summed E-state index contributed by atoms with van der Waals surface area (Å²) in [4.78, 5) is 4.70. The molecule has 25 heavy (non-hydrogen) atoms. The van der Waals surface area contributed by atoms with Gasteiger partial charge in [0, 0.05) is 38.1 Å². The molecule has 1 atom stereocenters. The summed E-state index contributed by atoms with van der Waals surface area (Å²) in [6.45, 7) is 10.1. The van der Waals surface area contributed by atoms with Crippen LogP contribution in [0.1, 0.15) is 44.8 Å². The van der Waals surface area contributed by atoms with Gasteiger partial charge in [-0.25, -0.2) is 4.99 Å². The van der Waals surface area contributed by atoms with E-state index in [4.69, 9.17) is 9.73 Å². The first kappa shape index (κ1) is 20.0. The maximum atomic E-state index is 5.40. The Hall–Kier alpha value is -1.28. The van der Waals surface area contributed by atoms with Crippen LogP contribution in [0.15, 0.2) is 4.99 Å². The van der Waals surface area contributed by atoms with E-state index >= 15 is 0 Å². The van der Waals surface area contributed by atoms with Crippen molar-refractivity contribution in [2.45, 2.75) is 51.3 Å². The molecular weight excluding hydrogens is 336 g/mol. The van der Waals surface area contributed by atoms with Crippen LogP contribution in [0.25, 0.3) is 0 Å². The van der Waals surface area contributed by atoms with E-state index in [0.717, 1.165) is 50.3 Å². The minimum atomic E-state index is 0.301. The van der Waals surface area contributed by atoms with E-state index in [9.17, 15) is 0 Å². The molecule has 142 valence electrons. The Morgan fingerprint density at radius 1 is 1.40 bits per heavy atom. The van der Waals surface area contributed by atoms with Crippen molar-refractivity contribution in [3.63, 3.8) is 0 Å². The molecule has 0 aliphatic carbocycles. The van der Waals surface area contributed by atoms with E-state index in [-0.39, 0.29) is 0 Å². The zero-order chi connectivity index (χ0) is 18.1. The molecule has 0 amide bonds. The lowest BCUT2D eigenvalue weighted by molar-refractivity contribution is 0.145. The molecule has 1 aromatic rings. The highest BCUT2D eigenvalue weighted by atomic mass is 32.2. The lowest BCUT2D eigenvalue weighted by atomic mass is 10.1. The Balaban J connectivity index is 1.90. The molecule has 1 unspecified atom stereocenters. The third kappa shape index (κ3) is 6.51. The molecule has 1 aliphatic rings. The van der Waals surface area contributed by atoms with E-state index in [2.05, 4.69) is 39.5 Å². The summed E-state index contributed by atoms with van der Waals surface area (Å²) < 4.78 is 7.67. The average molecular weight is 369 g/mol. The second kappa shape index (κ2) is 10.0. The zero-order valence-electron chi connectivity index (χ0n) is 16.0. The molecular formula is C17H32N6OS. The molecule has 0 saturated carbocycles. The van der Waals surface area contributed by atoms with Gasteiger partial charge in [-0.2, -0.15) is 11.8 Å². The molecule has 1 aliphatic heterocycles. The second-order valence-electron chi connectivity index (χ2n) is 6.62. The number of nitrogens with one attached hydrogen (secondary N) is 2. The van der Waals surface area contributed by atoms with Crippen molar-refractivity contribution in [3.05, 3.63) is 11.6 Å². The SMILES string of the molecule is CCOCCCNC(=NCc1nnc(C)n1C)NCC1(C)CCCS1. The summed E-state index contributed by atoms with van der Waals surface area (Å²) in [6, 6.07) is 0. The van der Waals surface area contributed by atoms with Gasteiger partial charge in [-0.3, -0.25) is 0 Å². The molecule has 2 N–H and O–H groups in total. The number of rotatable bonds is 9. The van der Waals surface area contributed by atoms with Crippen molar-refractivity contribution in [2.75, 3.05) is 32.1 Å². The van der Waals surface area contributed by atoms with E-state index in [1.54, 1.807) is 0 Å². The van der Waals surface area contributed by atoms with Crippen LogP contribution in [0.2, 0.25) is 0 Å². The Morgan fingerprint density at radius 2 is 2.24 bits per heavy atom. The average Bonchev–Trinajstić information content (AvgIpc) is 3.17. The minimum absolute atomic E-state index is 0.301. The van der Waals surface area contributed by atoms with Crippen LogP contribution in [-0.4, -0.2) is 57.5 Å². The fraction of sp³-hybridized carbons (Fsp3) is 0.824. The summed E-state index contributed by atoms with van der Waals surface area (Å²) in [5, 5.41) is 15.2. The van der Waals surface area contributed by atoms with Crippen LogP contribution in [-0.2, 0) is 18.3 Å². The minimum Gasteiger partial charge on any atom is -0.382 e. The van der Waals surface area contributed by atoms with Crippen molar-refractivity contribution in [1.82, 2.24) is 25.4 Å². The van der Waals surface area contributed by atoms with Crippen LogP contribution in [0, 0.1) is 6.92 Å². The lowest BCUT2D eigenvalue weighted by Crippen LogP contribution is -2.44. The standard InChI is InChI=1S/C17H32N6OS/c1-5-24-10-7-9-18-16(20-13-17(3)8-6-11-25-17)19-12-15-22-21-14(2)23(15)4/h5-13H2,1-4H3,(H2,18,19,20). The Labute approximate surface area is 155 Å². The van der Waals surface area contributed by atoms with Gasteiger partial charge in [0.25, 0.3) is 0 Å². The van der Waals surface area contributed by atoms with Crippen molar-refractivity contribution in [3.8, 4) is 0 Å². The third-order valence-corrected chi connectivity index (χ3v) is 5.99. The van der Waals surface area contributed by atoms with Gasteiger partial charge >= 0.3 is 0 Å². The summed E-state index contributed by atoms with van der Waals surface area (Å²) in [5.74, 6) is 3.87. The number of nitrogens with zero attached hydrogens (tertiary/aromatic N) is 4. The molecule has 2 heterocycles. The zero-order valence-corrected chi connectivity index (χ0v) is 16.8. The molecule has 0 spiro atoms. The van der Waals surface area contributed by atoms with E-state index < -0.39 is 0 Å². The number of hydrogen-bond acceptors (Lipinski definition) is 5. The first-order valence-corrected chi connectivity index (χ1v) is 10.1. The molecule has 1 fully saturated rings. The van der Waals surface area contributed by atoms with Crippen LogP contribution < -0.4 is 10.6 Å². The number of thioether (sulfide) groups is 1. The smallest absolute Gasteiger partial charge is 0.191 e. The molecule has 2 rings (SSSR count). The number of aliphatic imine (C=N–C) groups is 1. The second-order valence-corrected chi connectivity index (χ2v) is 8.30. The molecule has 7 nitrogen and oxygen atoms in total. The molecule has 1 aromatic heterocycles. The first-order chi connectivity index (χ1) is 12.0. The van der Waals surface area contributed by atoms with Gasteiger partial charge in [-0.05, 0) is 45.8 Å². The van der Waals surface area contributed by atoms with Gasteiger partial charge in [-0.1, -0.05) is 0 Å². The van der Waals surface area contributed by atoms with E-state index in [0.29, 0.717) is 11.3 Å². The van der Waals surface area contributed by atoms with Crippen molar-refractivity contribution in [2.24, 2.45) is 12.0 Å². The van der Waals surface area contributed by atoms with Crippen molar-refractivity contribution in [1.29, 1.82) is 0 Å².